The van der Waals surface area contributed by atoms with Gasteiger partial charge in [-0.1, -0.05) is 6.08 Å². The van der Waals surface area contributed by atoms with E-state index in [1.807, 2.05) is 19.1 Å². The van der Waals surface area contributed by atoms with Gasteiger partial charge >= 0.3 is 5.97 Å². The lowest BCUT2D eigenvalue weighted by Crippen LogP contribution is -2.08. The van der Waals surface area contributed by atoms with Crippen LogP contribution in [0.4, 0.5) is 0 Å². The van der Waals surface area contributed by atoms with E-state index >= 15 is 0 Å². The largest absolute Gasteiger partial charge is 0.465 e. The predicted octanol–water partition coefficient (Wildman–Crippen LogP) is 2.89. The molecule has 0 aliphatic carbocycles. The molecule has 0 amide bonds. The molecule has 3 nitrogen and oxygen atoms in total. The van der Waals surface area contributed by atoms with Gasteiger partial charge in [0, 0.05) is 0 Å². The van der Waals surface area contributed by atoms with Gasteiger partial charge in [0.25, 0.3) is 0 Å². The molecule has 0 bridgehead atoms. The molecule has 1 aromatic carbocycles. The van der Waals surface area contributed by atoms with Gasteiger partial charge in [0.2, 0.25) is 0 Å². The molecule has 0 radical (unpaired) electrons. The number of hydrogen-bond acceptors (Lipinski definition) is 3. The summed E-state index contributed by atoms with van der Waals surface area (Å²) in [6.07, 6.45) is 2.98. The summed E-state index contributed by atoms with van der Waals surface area (Å²) < 4.78 is 10.1. The zero-order valence-electron chi connectivity index (χ0n) is 11.1. The van der Waals surface area contributed by atoms with Crippen LogP contribution in [0.2, 0.25) is 0 Å². The summed E-state index contributed by atoms with van der Waals surface area (Å²) in [5.41, 5.74) is 5.34. The second-order valence-corrected chi connectivity index (χ2v) is 4.51. The highest BCUT2D eigenvalue weighted by Gasteiger charge is 2.14. The Hall–Kier alpha value is -1.61. The molecule has 0 fully saturated rings. The lowest BCUT2D eigenvalue weighted by atomic mass is 9.92. The molecular weight excluding hydrogens is 228 g/mol. The van der Waals surface area contributed by atoms with Gasteiger partial charge in [0.15, 0.2) is 0 Å². The third-order valence-corrected chi connectivity index (χ3v) is 3.40. The van der Waals surface area contributed by atoms with E-state index in [0.717, 1.165) is 24.2 Å². The van der Waals surface area contributed by atoms with Crippen LogP contribution in [0.15, 0.2) is 18.2 Å². The van der Waals surface area contributed by atoms with Gasteiger partial charge < -0.3 is 9.47 Å². The smallest absolute Gasteiger partial charge is 0.337 e. The van der Waals surface area contributed by atoms with E-state index in [1.165, 1.54) is 18.2 Å². The van der Waals surface area contributed by atoms with Gasteiger partial charge in [-0.3, -0.25) is 0 Å². The van der Waals surface area contributed by atoms with Crippen LogP contribution >= 0.6 is 0 Å². The molecule has 18 heavy (non-hydrogen) atoms. The average Bonchev–Trinajstić information content (AvgIpc) is 2.41. The minimum Gasteiger partial charge on any atom is -0.465 e. The number of carbonyl (C=O) groups excluding carboxylic acids is 1. The van der Waals surface area contributed by atoms with Crippen molar-refractivity contribution in [3.05, 3.63) is 40.5 Å². The van der Waals surface area contributed by atoms with Gasteiger partial charge in [-0.05, 0) is 54.7 Å². The van der Waals surface area contributed by atoms with Crippen molar-refractivity contribution in [3.63, 3.8) is 0 Å². The molecule has 0 saturated carbocycles. The summed E-state index contributed by atoms with van der Waals surface area (Å²) in [7, 11) is 1.41. The molecule has 0 N–H and O–H groups in total. The van der Waals surface area contributed by atoms with Crippen LogP contribution in [0.3, 0.4) is 0 Å². The normalized spacial score (nSPS) is 15.2. The Morgan fingerprint density at radius 2 is 2.11 bits per heavy atom. The summed E-state index contributed by atoms with van der Waals surface area (Å²) in [6, 6.07) is 3.80. The van der Waals surface area contributed by atoms with Crippen molar-refractivity contribution in [2.45, 2.75) is 20.3 Å². The number of ether oxygens (including phenoxy) is 2. The second kappa shape index (κ2) is 5.36. The maximum absolute atomic E-state index is 11.6. The Balaban J connectivity index is 2.48. The molecule has 0 unspecified atom stereocenters. The third-order valence-electron chi connectivity index (χ3n) is 3.40. The van der Waals surface area contributed by atoms with E-state index in [4.69, 9.17) is 9.47 Å². The Labute approximate surface area is 107 Å². The second-order valence-electron chi connectivity index (χ2n) is 4.51. The maximum atomic E-state index is 11.6. The van der Waals surface area contributed by atoms with Crippen LogP contribution in [-0.4, -0.2) is 26.3 Å². The molecule has 2 rings (SSSR count). The Morgan fingerprint density at radius 3 is 2.72 bits per heavy atom. The molecule has 1 aromatic rings. The van der Waals surface area contributed by atoms with Crippen molar-refractivity contribution in [2.24, 2.45) is 0 Å². The number of aryl methyl sites for hydroxylation is 1. The van der Waals surface area contributed by atoms with Gasteiger partial charge in [-0.2, -0.15) is 0 Å². The zero-order chi connectivity index (χ0) is 13.1. The minimum atomic E-state index is -0.285. The van der Waals surface area contributed by atoms with Gasteiger partial charge in [-0.15, -0.1) is 0 Å². The van der Waals surface area contributed by atoms with Crippen molar-refractivity contribution < 1.29 is 14.3 Å². The predicted molar refractivity (Wildman–Crippen MR) is 70.7 cm³/mol. The van der Waals surface area contributed by atoms with E-state index in [1.54, 1.807) is 0 Å². The monoisotopic (exact) mass is 246 g/mol. The van der Waals surface area contributed by atoms with Crippen LogP contribution in [0.25, 0.3) is 5.57 Å². The van der Waals surface area contributed by atoms with Crippen molar-refractivity contribution >= 4 is 11.5 Å². The topological polar surface area (TPSA) is 35.5 Å². The molecule has 0 aromatic heterocycles. The first-order valence-electron chi connectivity index (χ1n) is 6.10. The Bertz CT molecular complexity index is 501. The highest BCUT2D eigenvalue weighted by molar-refractivity contribution is 5.91. The van der Waals surface area contributed by atoms with Crippen molar-refractivity contribution in [1.29, 1.82) is 0 Å². The fraction of sp³-hybridized carbons (Fsp3) is 0.400. The van der Waals surface area contributed by atoms with E-state index in [2.05, 4.69) is 13.0 Å². The zero-order valence-corrected chi connectivity index (χ0v) is 11.1. The summed E-state index contributed by atoms with van der Waals surface area (Å²) in [5, 5.41) is 0. The first-order chi connectivity index (χ1) is 8.63. The molecular formula is C15H18O3. The van der Waals surface area contributed by atoms with E-state index < -0.39 is 0 Å². The maximum Gasteiger partial charge on any atom is 0.337 e. The van der Waals surface area contributed by atoms with Gasteiger partial charge in [0.05, 0.1) is 25.9 Å². The number of hydrogen-bond donors (Lipinski definition) is 0. The van der Waals surface area contributed by atoms with Crippen molar-refractivity contribution in [2.75, 3.05) is 20.3 Å². The summed E-state index contributed by atoms with van der Waals surface area (Å²) >= 11 is 0. The molecule has 1 aliphatic heterocycles. The fourth-order valence-electron chi connectivity index (χ4n) is 2.20. The standard InChI is InChI=1S/C15H18O3/c1-10-8-13(15(16)17-3)9-14(11(10)2)12-4-6-18-7-5-12/h4,8-9H,5-7H2,1-3H3. The quantitative estimate of drug-likeness (QED) is 0.753. The van der Waals surface area contributed by atoms with Crippen LogP contribution in [0.1, 0.15) is 33.5 Å². The number of methoxy groups -OCH3 is 1. The first-order valence-corrected chi connectivity index (χ1v) is 6.10. The minimum absolute atomic E-state index is 0.285. The molecule has 0 spiro atoms. The fourth-order valence-corrected chi connectivity index (χ4v) is 2.20. The molecule has 0 saturated heterocycles. The number of carbonyl (C=O) groups is 1. The number of esters is 1. The van der Waals surface area contributed by atoms with E-state index in [0.29, 0.717) is 12.2 Å². The highest BCUT2D eigenvalue weighted by Crippen LogP contribution is 2.27. The van der Waals surface area contributed by atoms with Crippen molar-refractivity contribution in [1.82, 2.24) is 0 Å². The Kier molecular flexibility index (Phi) is 3.82. The van der Waals surface area contributed by atoms with E-state index in [9.17, 15) is 4.79 Å². The lowest BCUT2D eigenvalue weighted by Gasteiger charge is -2.18. The van der Waals surface area contributed by atoms with Crippen LogP contribution < -0.4 is 0 Å². The summed E-state index contributed by atoms with van der Waals surface area (Å²) in [6.45, 7) is 5.50. The number of rotatable bonds is 2. The molecule has 1 heterocycles. The summed E-state index contributed by atoms with van der Waals surface area (Å²) in [4.78, 5) is 11.6. The lowest BCUT2D eigenvalue weighted by molar-refractivity contribution is 0.0600. The van der Waals surface area contributed by atoms with Crippen LogP contribution in [0, 0.1) is 13.8 Å². The van der Waals surface area contributed by atoms with Crippen LogP contribution in [0.5, 0.6) is 0 Å². The van der Waals surface area contributed by atoms with Gasteiger partial charge in [0.1, 0.15) is 0 Å². The van der Waals surface area contributed by atoms with Crippen LogP contribution in [-0.2, 0) is 9.47 Å². The van der Waals surface area contributed by atoms with E-state index in [-0.39, 0.29) is 5.97 Å². The van der Waals surface area contributed by atoms with Crippen molar-refractivity contribution in [3.8, 4) is 0 Å². The SMILES string of the molecule is COC(=O)c1cc(C)c(C)c(C2=CCOCC2)c1. The highest BCUT2D eigenvalue weighted by atomic mass is 16.5. The molecule has 1 aliphatic rings. The first kappa shape index (κ1) is 12.8. The summed E-state index contributed by atoms with van der Waals surface area (Å²) in [5.74, 6) is -0.285. The molecule has 3 heteroatoms. The average molecular weight is 246 g/mol. The Morgan fingerprint density at radius 1 is 1.33 bits per heavy atom. The molecule has 96 valence electrons. The third kappa shape index (κ3) is 2.46. The molecule has 0 atom stereocenters. The van der Waals surface area contributed by atoms with Gasteiger partial charge in [-0.25, -0.2) is 4.79 Å². The number of benzene rings is 1.